The van der Waals surface area contributed by atoms with E-state index in [9.17, 15) is 4.79 Å². The van der Waals surface area contributed by atoms with Crippen LogP contribution in [0.4, 0.5) is 5.82 Å². The van der Waals surface area contributed by atoms with Gasteiger partial charge in [-0.05, 0) is 18.2 Å². The van der Waals surface area contributed by atoms with Gasteiger partial charge in [-0.1, -0.05) is 6.07 Å². The first kappa shape index (κ1) is 11.1. The SMILES string of the molecule is CNC(=O)c1ccn(-c2cccc(NN)n2)n1. The lowest BCUT2D eigenvalue weighted by Gasteiger charge is -2.03. The van der Waals surface area contributed by atoms with Crippen molar-refractivity contribution >= 4 is 11.7 Å². The second-order valence-electron chi connectivity index (χ2n) is 3.25. The number of nitrogens with zero attached hydrogens (tertiary/aromatic N) is 3. The van der Waals surface area contributed by atoms with Gasteiger partial charge in [0, 0.05) is 13.2 Å². The van der Waals surface area contributed by atoms with Crippen LogP contribution in [0.5, 0.6) is 0 Å². The van der Waals surface area contributed by atoms with Crippen LogP contribution in [0.25, 0.3) is 5.82 Å². The molecule has 2 rings (SSSR count). The molecule has 0 atom stereocenters. The van der Waals surface area contributed by atoms with Crippen molar-refractivity contribution in [2.45, 2.75) is 0 Å². The Kier molecular flexibility index (Phi) is 3.01. The maximum atomic E-state index is 11.3. The van der Waals surface area contributed by atoms with Gasteiger partial charge in [-0.25, -0.2) is 15.5 Å². The summed E-state index contributed by atoms with van der Waals surface area (Å²) in [4.78, 5) is 15.5. The van der Waals surface area contributed by atoms with Gasteiger partial charge in [-0.15, -0.1) is 0 Å². The minimum absolute atomic E-state index is 0.239. The van der Waals surface area contributed by atoms with Crippen LogP contribution in [-0.4, -0.2) is 27.7 Å². The molecular formula is C10H12N6O. The quantitative estimate of drug-likeness (QED) is 0.507. The number of anilines is 1. The summed E-state index contributed by atoms with van der Waals surface area (Å²) in [6.07, 6.45) is 1.66. The highest BCUT2D eigenvalue weighted by Gasteiger charge is 2.08. The number of carbonyl (C=O) groups excluding carboxylic acids is 1. The molecule has 0 radical (unpaired) electrons. The van der Waals surface area contributed by atoms with Gasteiger partial charge in [-0.2, -0.15) is 5.10 Å². The van der Waals surface area contributed by atoms with E-state index in [4.69, 9.17) is 5.84 Å². The molecule has 0 spiro atoms. The molecule has 4 N–H and O–H groups in total. The summed E-state index contributed by atoms with van der Waals surface area (Å²) >= 11 is 0. The molecule has 0 aromatic carbocycles. The van der Waals surface area contributed by atoms with Gasteiger partial charge < -0.3 is 10.7 Å². The van der Waals surface area contributed by atoms with Crippen LogP contribution in [0.1, 0.15) is 10.5 Å². The van der Waals surface area contributed by atoms with Crippen LogP contribution in [0.15, 0.2) is 30.5 Å². The first-order valence-electron chi connectivity index (χ1n) is 4.96. The largest absolute Gasteiger partial charge is 0.354 e. The fourth-order valence-electron chi connectivity index (χ4n) is 1.33. The molecule has 1 amide bonds. The van der Waals surface area contributed by atoms with E-state index in [1.807, 2.05) is 0 Å². The molecule has 0 unspecified atom stereocenters. The molecule has 0 bridgehead atoms. The molecule has 0 aliphatic rings. The molecule has 0 saturated heterocycles. The minimum Gasteiger partial charge on any atom is -0.354 e. The van der Waals surface area contributed by atoms with E-state index >= 15 is 0 Å². The van der Waals surface area contributed by atoms with Crippen LogP contribution >= 0.6 is 0 Å². The first-order chi connectivity index (χ1) is 8.24. The maximum Gasteiger partial charge on any atom is 0.271 e. The number of hydrogen-bond donors (Lipinski definition) is 3. The zero-order valence-electron chi connectivity index (χ0n) is 9.21. The Morgan fingerprint density at radius 1 is 1.41 bits per heavy atom. The van der Waals surface area contributed by atoms with Gasteiger partial charge in [0.25, 0.3) is 5.91 Å². The lowest BCUT2D eigenvalue weighted by molar-refractivity contribution is 0.0957. The second-order valence-corrected chi connectivity index (χ2v) is 3.25. The second kappa shape index (κ2) is 4.62. The maximum absolute atomic E-state index is 11.3. The van der Waals surface area contributed by atoms with E-state index in [2.05, 4.69) is 20.8 Å². The normalized spacial score (nSPS) is 10.0. The van der Waals surface area contributed by atoms with Crippen molar-refractivity contribution in [3.63, 3.8) is 0 Å². The Bertz CT molecular complexity index is 535. The van der Waals surface area contributed by atoms with Gasteiger partial charge in [0.1, 0.15) is 5.82 Å². The number of nitrogen functional groups attached to an aromatic ring is 1. The van der Waals surface area contributed by atoms with Gasteiger partial charge >= 0.3 is 0 Å². The van der Waals surface area contributed by atoms with Crippen molar-refractivity contribution in [1.29, 1.82) is 0 Å². The highest BCUT2D eigenvalue weighted by molar-refractivity contribution is 5.91. The zero-order valence-corrected chi connectivity index (χ0v) is 9.21. The molecule has 0 aliphatic heterocycles. The molecule has 0 fully saturated rings. The Morgan fingerprint density at radius 3 is 2.94 bits per heavy atom. The highest BCUT2D eigenvalue weighted by atomic mass is 16.1. The van der Waals surface area contributed by atoms with E-state index in [-0.39, 0.29) is 5.91 Å². The molecule has 2 aromatic rings. The number of rotatable bonds is 3. The molecular weight excluding hydrogens is 220 g/mol. The number of hydrazine groups is 1. The minimum atomic E-state index is -0.239. The van der Waals surface area contributed by atoms with Gasteiger partial charge in [0.15, 0.2) is 11.5 Å². The fraction of sp³-hybridized carbons (Fsp3) is 0.100. The third-order valence-electron chi connectivity index (χ3n) is 2.17. The van der Waals surface area contributed by atoms with E-state index in [0.29, 0.717) is 17.3 Å². The van der Waals surface area contributed by atoms with Crippen LogP contribution in [0.3, 0.4) is 0 Å². The van der Waals surface area contributed by atoms with Crippen molar-refractivity contribution in [3.8, 4) is 5.82 Å². The molecule has 2 aromatic heterocycles. The van der Waals surface area contributed by atoms with Crippen LogP contribution < -0.4 is 16.6 Å². The first-order valence-corrected chi connectivity index (χ1v) is 4.96. The summed E-state index contributed by atoms with van der Waals surface area (Å²) in [5.74, 6) is 6.13. The van der Waals surface area contributed by atoms with Crippen molar-refractivity contribution in [2.24, 2.45) is 5.84 Å². The topological polar surface area (TPSA) is 97.9 Å². The molecule has 2 heterocycles. The smallest absolute Gasteiger partial charge is 0.271 e. The average molecular weight is 232 g/mol. The van der Waals surface area contributed by atoms with Gasteiger partial charge in [0.05, 0.1) is 0 Å². The number of aromatic nitrogens is 3. The third kappa shape index (κ3) is 2.23. The van der Waals surface area contributed by atoms with E-state index in [1.54, 1.807) is 37.5 Å². The summed E-state index contributed by atoms with van der Waals surface area (Å²) in [7, 11) is 1.55. The molecule has 0 aliphatic carbocycles. The lowest BCUT2D eigenvalue weighted by atomic mass is 10.4. The molecule has 88 valence electrons. The molecule has 0 saturated carbocycles. The van der Waals surface area contributed by atoms with Crippen molar-refractivity contribution < 1.29 is 4.79 Å². The highest BCUT2D eigenvalue weighted by Crippen LogP contribution is 2.08. The summed E-state index contributed by atoms with van der Waals surface area (Å²) in [6, 6.07) is 6.90. The predicted molar refractivity (Wildman–Crippen MR) is 62.6 cm³/mol. The average Bonchev–Trinajstić information content (AvgIpc) is 2.87. The zero-order chi connectivity index (χ0) is 12.3. The van der Waals surface area contributed by atoms with Crippen LogP contribution in [0, 0.1) is 0 Å². The van der Waals surface area contributed by atoms with Crippen molar-refractivity contribution in [1.82, 2.24) is 20.1 Å². The Labute approximate surface area is 97.6 Å². The number of pyridine rings is 1. The van der Waals surface area contributed by atoms with Gasteiger partial charge in [0.2, 0.25) is 0 Å². The Hall–Kier alpha value is -2.41. The summed E-state index contributed by atoms with van der Waals surface area (Å²) in [6.45, 7) is 0. The van der Waals surface area contributed by atoms with Crippen molar-refractivity contribution in [2.75, 3.05) is 12.5 Å². The third-order valence-corrected chi connectivity index (χ3v) is 2.17. The van der Waals surface area contributed by atoms with Crippen LogP contribution in [0.2, 0.25) is 0 Å². The number of nitrogens with two attached hydrogens (primary N) is 1. The number of carbonyl (C=O) groups is 1. The number of amides is 1. The van der Waals surface area contributed by atoms with E-state index in [1.165, 1.54) is 4.68 Å². The summed E-state index contributed by atoms with van der Waals surface area (Å²) in [5.41, 5.74) is 2.78. The standard InChI is InChI=1S/C10H12N6O/c1-12-10(17)7-5-6-16(15-7)9-4-2-3-8(13-9)14-11/h2-6H,11H2,1H3,(H,12,17)(H,13,14). The van der Waals surface area contributed by atoms with E-state index < -0.39 is 0 Å². The Balaban J connectivity index is 2.33. The number of nitrogens with one attached hydrogen (secondary N) is 2. The van der Waals surface area contributed by atoms with Crippen molar-refractivity contribution in [3.05, 3.63) is 36.2 Å². The summed E-state index contributed by atoms with van der Waals surface area (Å²) < 4.78 is 1.51. The molecule has 17 heavy (non-hydrogen) atoms. The fourth-order valence-corrected chi connectivity index (χ4v) is 1.33. The lowest BCUT2D eigenvalue weighted by Crippen LogP contribution is -2.18. The predicted octanol–water partition coefficient (Wildman–Crippen LogP) is -0.0875. The van der Waals surface area contributed by atoms with E-state index in [0.717, 1.165) is 0 Å². The Morgan fingerprint density at radius 2 is 2.24 bits per heavy atom. The van der Waals surface area contributed by atoms with Crippen LogP contribution in [-0.2, 0) is 0 Å². The molecule has 7 nitrogen and oxygen atoms in total. The number of hydrogen-bond acceptors (Lipinski definition) is 5. The monoisotopic (exact) mass is 232 g/mol. The van der Waals surface area contributed by atoms with Gasteiger partial charge in [-0.3, -0.25) is 4.79 Å². The summed E-state index contributed by atoms with van der Waals surface area (Å²) in [5, 5.41) is 6.60. The molecule has 7 heteroatoms.